The van der Waals surface area contributed by atoms with Gasteiger partial charge in [0, 0.05) is 4.83 Å². The standard InChI is InChI=1S/C7H13BrO2/c1-5(2)6(8)4-7(9)10-3/h5-6H,4H2,1-3H3/t6-/m1/s1. The average molecular weight is 209 g/mol. The molecule has 0 radical (unpaired) electrons. The predicted octanol–water partition coefficient (Wildman–Crippen LogP) is 1.97. The Bertz CT molecular complexity index is 112. The Morgan fingerprint density at radius 1 is 1.60 bits per heavy atom. The molecule has 0 unspecified atom stereocenters. The van der Waals surface area contributed by atoms with E-state index in [0.717, 1.165) is 0 Å². The summed E-state index contributed by atoms with van der Waals surface area (Å²) < 4.78 is 4.50. The van der Waals surface area contributed by atoms with E-state index in [1.54, 1.807) is 0 Å². The van der Waals surface area contributed by atoms with Crippen molar-refractivity contribution in [2.45, 2.75) is 25.1 Å². The first-order valence-corrected chi connectivity index (χ1v) is 4.20. The highest BCUT2D eigenvalue weighted by Gasteiger charge is 2.13. The molecule has 0 rings (SSSR count). The Morgan fingerprint density at radius 3 is 2.40 bits per heavy atom. The first-order chi connectivity index (χ1) is 4.57. The van der Waals surface area contributed by atoms with E-state index < -0.39 is 0 Å². The number of hydrogen-bond donors (Lipinski definition) is 0. The highest BCUT2D eigenvalue weighted by Crippen LogP contribution is 2.15. The number of rotatable bonds is 3. The van der Waals surface area contributed by atoms with Crippen LogP contribution in [0.5, 0.6) is 0 Å². The Balaban J connectivity index is 3.57. The number of esters is 1. The molecular weight excluding hydrogens is 196 g/mol. The predicted molar refractivity (Wildman–Crippen MR) is 44.2 cm³/mol. The van der Waals surface area contributed by atoms with Gasteiger partial charge in [0.2, 0.25) is 0 Å². The van der Waals surface area contributed by atoms with Gasteiger partial charge in [-0.05, 0) is 5.92 Å². The minimum atomic E-state index is -0.157. The molecule has 0 aromatic rings. The summed E-state index contributed by atoms with van der Waals surface area (Å²) in [5, 5.41) is 0. The van der Waals surface area contributed by atoms with Crippen LogP contribution in [-0.2, 0) is 9.53 Å². The van der Waals surface area contributed by atoms with Crippen LogP contribution in [0.4, 0.5) is 0 Å². The van der Waals surface area contributed by atoms with E-state index in [-0.39, 0.29) is 10.8 Å². The van der Waals surface area contributed by atoms with Crippen molar-refractivity contribution >= 4 is 21.9 Å². The van der Waals surface area contributed by atoms with Gasteiger partial charge in [0.1, 0.15) is 0 Å². The van der Waals surface area contributed by atoms with E-state index in [4.69, 9.17) is 0 Å². The van der Waals surface area contributed by atoms with E-state index in [1.165, 1.54) is 7.11 Å². The number of ether oxygens (including phenoxy) is 1. The van der Waals surface area contributed by atoms with E-state index in [9.17, 15) is 4.79 Å². The maximum atomic E-state index is 10.7. The van der Waals surface area contributed by atoms with E-state index in [2.05, 4.69) is 34.5 Å². The van der Waals surface area contributed by atoms with Crippen LogP contribution in [-0.4, -0.2) is 17.9 Å². The van der Waals surface area contributed by atoms with Crippen molar-refractivity contribution in [3.63, 3.8) is 0 Å². The molecule has 0 fully saturated rings. The summed E-state index contributed by atoms with van der Waals surface area (Å²) in [4.78, 5) is 10.9. The molecule has 0 aromatic heterocycles. The Kier molecular flexibility index (Phi) is 4.69. The zero-order chi connectivity index (χ0) is 8.15. The van der Waals surface area contributed by atoms with Crippen molar-refractivity contribution in [1.82, 2.24) is 0 Å². The third-order valence-electron chi connectivity index (χ3n) is 1.31. The molecule has 0 aliphatic rings. The molecule has 10 heavy (non-hydrogen) atoms. The smallest absolute Gasteiger partial charge is 0.306 e. The molecule has 2 nitrogen and oxygen atoms in total. The third-order valence-corrected chi connectivity index (χ3v) is 2.69. The van der Waals surface area contributed by atoms with Crippen LogP contribution in [0.25, 0.3) is 0 Å². The molecular formula is C7H13BrO2. The minimum absolute atomic E-state index is 0.157. The van der Waals surface area contributed by atoms with Crippen LogP contribution >= 0.6 is 15.9 Å². The molecule has 0 amide bonds. The van der Waals surface area contributed by atoms with Gasteiger partial charge in [-0.25, -0.2) is 0 Å². The quantitative estimate of drug-likeness (QED) is 0.524. The highest BCUT2D eigenvalue weighted by molar-refractivity contribution is 9.09. The Hall–Kier alpha value is -0.0500. The van der Waals surface area contributed by atoms with Crippen LogP contribution in [0.15, 0.2) is 0 Å². The van der Waals surface area contributed by atoms with Gasteiger partial charge in [-0.3, -0.25) is 4.79 Å². The zero-order valence-corrected chi connectivity index (χ0v) is 8.14. The molecule has 0 saturated heterocycles. The van der Waals surface area contributed by atoms with Crippen molar-refractivity contribution in [3.8, 4) is 0 Å². The maximum absolute atomic E-state index is 10.7. The summed E-state index contributed by atoms with van der Waals surface area (Å²) >= 11 is 3.38. The lowest BCUT2D eigenvalue weighted by atomic mass is 10.1. The second-order valence-electron chi connectivity index (χ2n) is 2.54. The van der Waals surface area contributed by atoms with Crippen molar-refractivity contribution in [1.29, 1.82) is 0 Å². The molecule has 0 spiro atoms. The van der Waals surface area contributed by atoms with E-state index in [1.807, 2.05) is 0 Å². The SMILES string of the molecule is COC(=O)C[C@@H](Br)C(C)C. The fraction of sp³-hybridized carbons (Fsp3) is 0.857. The summed E-state index contributed by atoms with van der Waals surface area (Å²) in [5.74, 6) is 0.315. The summed E-state index contributed by atoms with van der Waals surface area (Å²) in [6, 6.07) is 0. The van der Waals surface area contributed by atoms with Gasteiger partial charge in [-0.1, -0.05) is 29.8 Å². The number of methoxy groups -OCH3 is 1. The van der Waals surface area contributed by atoms with Gasteiger partial charge in [0.05, 0.1) is 13.5 Å². The first-order valence-electron chi connectivity index (χ1n) is 3.28. The van der Waals surface area contributed by atoms with Gasteiger partial charge in [-0.15, -0.1) is 0 Å². The van der Waals surface area contributed by atoms with Crippen molar-refractivity contribution in [3.05, 3.63) is 0 Å². The first kappa shape index (κ1) is 9.95. The number of carbonyl (C=O) groups is 1. The van der Waals surface area contributed by atoms with Crippen LogP contribution in [0.1, 0.15) is 20.3 Å². The molecule has 0 heterocycles. The summed E-state index contributed by atoms with van der Waals surface area (Å²) in [7, 11) is 1.41. The molecule has 0 N–H and O–H groups in total. The number of halogens is 1. The zero-order valence-electron chi connectivity index (χ0n) is 6.56. The molecule has 0 aliphatic heterocycles. The number of alkyl halides is 1. The fourth-order valence-corrected chi connectivity index (χ4v) is 0.743. The van der Waals surface area contributed by atoms with Crippen molar-refractivity contribution < 1.29 is 9.53 Å². The topological polar surface area (TPSA) is 26.3 Å². The van der Waals surface area contributed by atoms with Gasteiger partial charge >= 0.3 is 5.97 Å². The number of carbonyl (C=O) groups excluding carboxylic acids is 1. The lowest BCUT2D eigenvalue weighted by Crippen LogP contribution is -2.14. The van der Waals surface area contributed by atoms with Crippen LogP contribution in [0.2, 0.25) is 0 Å². The molecule has 3 heteroatoms. The van der Waals surface area contributed by atoms with Crippen LogP contribution in [0.3, 0.4) is 0 Å². The molecule has 0 aromatic carbocycles. The average Bonchev–Trinajstić information content (AvgIpc) is 1.87. The van der Waals surface area contributed by atoms with Gasteiger partial charge < -0.3 is 4.74 Å². The minimum Gasteiger partial charge on any atom is -0.469 e. The van der Waals surface area contributed by atoms with E-state index >= 15 is 0 Å². The Labute approximate surface area is 70.1 Å². The lowest BCUT2D eigenvalue weighted by Gasteiger charge is -2.10. The maximum Gasteiger partial charge on any atom is 0.306 e. The lowest BCUT2D eigenvalue weighted by molar-refractivity contribution is -0.140. The van der Waals surface area contributed by atoms with E-state index in [0.29, 0.717) is 12.3 Å². The van der Waals surface area contributed by atoms with Crippen molar-refractivity contribution in [2.24, 2.45) is 5.92 Å². The fourth-order valence-electron chi connectivity index (χ4n) is 0.478. The van der Waals surface area contributed by atoms with Gasteiger partial charge in [0.25, 0.3) is 0 Å². The Morgan fingerprint density at radius 2 is 2.10 bits per heavy atom. The normalized spacial score (nSPS) is 13.3. The van der Waals surface area contributed by atoms with Gasteiger partial charge in [0.15, 0.2) is 0 Å². The highest BCUT2D eigenvalue weighted by atomic mass is 79.9. The summed E-state index contributed by atoms with van der Waals surface area (Å²) in [5.41, 5.74) is 0. The summed E-state index contributed by atoms with van der Waals surface area (Å²) in [6.07, 6.45) is 0.453. The second-order valence-corrected chi connectivity index (χ2v) is 3.72. The molecule has 60 valence electrons. The monoisotopic (exact) mass is 208 g/mol. The molecule has 1 atom stereocenters. The van der Waals surface area contributed by atoms with Gasteiger partial charge in [-0.2, -0.15) is 0 Å². The molecule has 0 saturated carbocycles. The summed E-state index contributed by atoms with van der Waals surface area (Å²) in [6.45, 7) is 4.12. The van der Waals surface area contributed by atoms with Crippen molar-refractivity contribution in [2.75, 3.05) is 7.11 Å². The van der Waals surface area contributed by atoms with Crippen LogP contribution in [0, 0.1) is 5.92 Å². The molecule has 0 bridgehead atoms. The largest absolute Gasteiger partial charge is 0.469 e. The van der Waals surface area contributed by atoms with Crippen LogP contribution < -0.4 is 0 Å². The number of hydrogen-bond acceptors (Lipinski definition) is 2. The second kappa shape index (κ2) is 4.72. The molecule has 0 aliphatic carbocycles. The third kappa shape index (κ3) is 3.88.